The van der Waals surface area contributed by atoms with Gasteiger partial charge in [0, 0.05) is 42.4 Å². The van der Waals surface area contributed by atoms with Crippen molar-refractivity contribution in [1.82, 2.24) is 19.9 Å². The van der Waals surface area contributed by atoms with E-state index in [1.54, 1.807) is 24.2 Å². The highest BCUT2D eigenvalue weighted by Gasteiger charge is 2.31. The summed E-state index contributed by atoms with van der Waals surface area (Å²) in [5, 5.41) is 0.916. The first kappa shape index (κ1) is 21.1. The SMILES string of the molecule is CN1C(=O)CCC1c1cc2[nH]c(-c3ccccn3)cc2cc1Oc1ccc(S(C)(=O)=O)nc1. The molecule has 4 heterocycles. The molecule has 33 heavy (non-hydrogen) atoms. The molecule has 0 bridgehead atoms. The zero-order valence-corrected chi connectivity index (χ0v) is 19.0. The Morgan fingerprint density at radius 1 is 1.12 bits per heavy atom. The molecule has 1 unspecified atom stereocenters. The maximum absolute atomic E-state index is 12.2. The highest BCUT2D eigenvalue weighted by atomic mass is 32.2. The predicted molar refractivity (Wildman–Crippen MR) is 124 cm³/mol. The van der Waals surface area contributed by atoms with E-state index in [0.717, 1.165) is 34.1 Å². The van der Waals surface area contributed by atoms with Gasteiger partial charge in [0.2, 0.25) is 5.91 Å². The lowest BCUT2D eigenvalue weighted by atomic mass is 10.0. The number of pyridine rings is 2. The molecule has 1 atom stereocenters. The van der Waals surface area contributed by atoms with E-state index in [1.165, 1.54) is 12.3 Å². The summed E-state index contributed by atoms with van der Waals surface area (Å²) in [5.41, 5.74) is 3.49. The molecular formula is C24H22N4O4S. The van der Waals surface area contributed by atoms with Gasteiger partial charge in [-0.05, 0) is 48.9 Å². The predicted octanol–water partition coefficient (Wildman–Crippen LogP) is 4.11. The fourth-order valence-corrected chi connectivity index (χ4v) is 4.69. The molecule has 9 heteroatoms. The van der Waals surface area contributed by atoms with Crippen molar-refractivity contribution in [2.45, 2.75) is 23.9 Å². The zero-order valence-electron chi connectivity index (χ0n) is 18.1. The van der Waals surface area contributed by atoms with E-state index in [0.29, 0.717) is 24.3 Å². The smallest absolute Gasteiger partial charge is 0.222 e. The molecule has 1 amide bonds. The van der Waals surface area contributed by atoms with Crippen molar-refractivity contribution in [1.29, 1.82) is 0 Å². The molecule has 0 aliphatic carbocycles. The molecule has 1 aliphatic heterocycles. The van der Waals surface area contributed by atoms with E-state index in [4.69, 9.17) is 4.74 Å². The molecule has 3 aromatic heterocycles. The first-order valence-electron chi connectivity index (χ1n) is 10.5. The molecule has 1 fully saturated rings. The number of benzene rings is 1. The number of carbonyl (C=O) groups excluding carboxylic acids is 1. The van der Waals surface area contributed by atoms with Crippen molar-refractivity contribution >= 4 is 26.6 Å². The normalized spacial score (nSPS) is 16.5. The van der Waals surface area contributed by atoms with E-state index in [9.17, 15) is 13.2 Å². The third-order valence-corrected chi connectivity index (χ3v) is 6.86. The fraction of sp³-hybridized carbons (Fsp3) is 0.208. The van der Waals surface area contributed by atoms with E-state index >= 15 is 0 Å². The van der Waals surface area contributed by atoms with Gasteiger partial charge < -0.3 is 14.6 Å². The van der Waals surface area contributed by atoms with Crippen LogP contribution in [0.5, 0.6) is 11.5 Å². The van der Waals surface area contributed by atoms with Crippen molar-refractivity contribution in [3.8, 4) is 22.9 Å². The summed E-state index contributed by atoms with van der Waals surface area (Å²) in [6, 6.07) is 14.5. The molecular weight excluding hydrogens is 440 g/mol. The van der Waals surface area contributed by atoms with Crippen LogP contribution in [-0.2, 0) is 14.6 Å². The van der Waals surface area contributed by atoms with E-state index in [-0.39, 0.29) is 17.0 Å². The van der Waals surface area contributed by atoms with Gasteiger partial charge in [0.25, 0.3) is 0 Å². The monoisotopic (exact) mass is 462 g/mol. The Bertz CT molecular complexity index is 1450. The van der Waals surface area contributed by atoms with Gasteiger partial charge in [0.15, 0.2) is 14.9 Å². The molecule has 1 N–H and O–H groups in total. The van der Waals surface area contributed by atoms with Crippen molar-refractivity contribution < 1.29 is 17.9 Å². The summed E-state index contributed by atoms with van der Waals surface area (Å²) in [5.74, 6) is 1.09. The maximum Gasteiger partial charge on any atom is 0.222 e. The van der Waals surface area contributed by atoms with Crippen LogP contribution in [0.2, 0.25) is 0 Å². The average Bonchev–Trinajstić information content (AvgIpc) is 3.36. The Hall–Kier alpha value is -3.72. The van der Waals surface area contributed by atoms with Crippen LogP contribution in [0.15, 0.2) is 66.0 Å². The van der Waals surface area contributed by atoms with Crippen molar-refractivity contribution in [3.63, 3.8) is 0 Å². The van der Waals surface area contributed by atoms with E-state index in [2.05, 4.69) is 15.0 Å². The minimum atomic E-state index is -3.40. The van der Waals surface area contributed by atoms with Gasteiger partial charge in [0.05, 0.1) is 23.6 Å². The molecule has 168 valence electrons. The largest absolute Gasteiger partial charge is 0.455 e. The summed E-state index contributed by atoms with van der Waals surface area (Å²) < 4.78 is 29.6. The lowest BCUT2D eigenvalue weighted by Crippen LogP contribution is -2.22. The maximum atomic E-state index is 12.2. The molecule has 4 aromatic rings. The van der Waals surface area contributed by atoms with Gasteiger partial charge in [-0.15, -0.1) is 0 Å². The minimum Gasteiger partial charge on any atom is -0.455 e. The van der Waals surface area contributed by atoms with Gasteiger partial charge in [-0.1, -0.05) is 6.07 Å². The molecule has 1 saturated heterocycles. The molecule has 0 radical (unpaired) electrons. The zero-order chi connectivity index (χ0) is 23.2. The summed E-state index contributed by atoms with van der Waals surface area (Å²) in [6.07, 6.45) is 5.42. The lowest BCUT2D eigenvalue weighted by molar-refractivity contribution is -0.127. The Morgan fingerprint density at radius 2 is 1.97 bits per heavy atom. The number of H-pyrrole nitrogens is 1. The number of rotatable bonds is 5. The van der Waals surface area contributed by atoms with Crippen LogP contribution in [0.1, 0.15) is 24.4 Å². The molecule has 1 aliphatic rings. The second-order valence-electron chi connectivity index (χ2n) is 8.14. The summed E-state index contributed by atoms with van der Waals surface area (Å²) in [7, 11) is -1.60. The van der Waals surface area contributed by atoms with Crippen LogP contribution in [0.3, 0.4) is 0 Å². The van der Waals surface area contributed by atoms with Crippen LogP contribution in [0.25, 0.3) is 22.3 Å². The number of likely N-dealkylation sites (tertiary alicyclic amines) is 1. The van der Waals surface area contributed by atoms with Gasteiger partial charge in [-0.3, -0.25) is 9.78 Å². The average molecular weight is 463 g/mol. The van der Waals surface area contributed by atoms with Gasteiger partial charge >= 0.3 is 0 Å². The first-order valence-corrected chi connectivity index (χ1v) is 12.4. The fourth-order valence-electron chi connectivity index (χ4n) is 4.13. The standard InChI is InChI=1S/C24H22N4O4S/c1-28-21(7-9-24(28)29)17-13-19-15(11-20(27-19)18-5-3-4-10-25-18)12-22(17)32-16-6-8-23(26-14-16)33(2,30)31/h3-6,8,10-14,21,27H,7,9H2,1-2H3. The number of hydrogen-bond acceptors (Lipinski definition) is 6. The third kappa shape index (κ3) is 4.07. The summed E-state index contributed by atoms with van der Waals surface area (Å²) in [4.78, 5) is 25.8. The van der Waals surface area contributed by atoms with Crippen LogP contribution >= 0.6 is 0 Å². The highest BCUT2D eigenvalue weighted by molar-refractivity contribution is 7.90. The molecule has 1 aromatic carbocycles. The summed E-state index contributed by atoms with van der Waals surface area (Å²) >= 11 is 0. The third-order valence-electron chi connectivity index (χ3n) is 5.86. The number of hydrogen-bond donors (Lipinski definition) is 1. The second kappa shape index (κ2) is 8.00. The quantitative estimate of drug-likeness (QED) is 0.478. The van der Waals surface area contributed by atoms with Crippen molar-refractivity contribution in [2.24, 2.45) is 0 Å². The molecule has 0 saturated carbocycles. The minimum absolute atomic E-state index is 0.0164. The Labute approximate surface area is 191 Å². The number of aromatic nitrogens is 3. The Balaban J connectivity index is 1.59. The van der Waals surface area contributed by atoms with E-state index in [1.807, 2.05) is 36.4 Å². The van der Waals surface area contributed by atoms with Crippen molar-refractivity contribution in [3.05, 3.63) is 66.5 Å². The topological polar surface area (TPSA) is 105 Å². The number of carbonyl (C=O) groups is 1. The Kier molecular flexibility index (Phi) is 5.13. The van der Waals surface area contributed by atoms with Crippen molar-refractivity contribution in [2.75, 3.05) is 13.3 Å². The summed E-state index contributed by atoms with van der Waals surface area (Å²) in [6.45, 7) is 0. The molecule has 5 rings (SSSR count). The number of nitrogens with one attached hydrogen (secondary N) is 1. The number of fused-ring (bicyclic) bond motifs is 1. The lowest BCUT2D eigenvalue weighted by Gasteiger charge is -2.23. The first-order chi connectivity index (χ1) is 15.8. The molecule has 8 nitrogen and oxygen atoms in total. The van der Waals surface area contributed by atoms with Crippen LogP contribution in [0.4, 0.5) is 0 Å². The highest BCUT2D eigenvalue weighted by Crippen LogP contribution is 2.41. The molecule has 0 spiro atoms. The van der Waals surface area contributed by atoms with Gasteiger partial charge in [-0.25, -0.2) is 13.4 Å². The van der Waals surface area contributed by atoms with E-state index < -0.39 is 9.84 Å². The Morgan fingerprint density at radius 3 is 2.61 bits per heavy atom. The number of amides is 1. The van der Waals surface area contributed by atoms with Crippen LogP contribution in [0, 0.1) is 0 Å². The van der Waals surface area contributed by atoms with Crippen LogP contribution < -0.4 is 4.74 Å². The van der Waals surface area contributed by atoms with Gasteiger partial charge in [-0.2, -0.15) is 0 Å². The van der Waals surface area contributed by atoms with Gasteiger partial charge in [0.1, 0.15) is 11.5 Å². The second-order valence-corrected chi connectivity index (χ2v) is 10.1. The number of sulfone groups is 1. The number of nitrogens with zero attached hydrogens (tertiary/aromatic N) is 3. The van der Waals surface area contributed by atoms with Crippen LogP contribution in [-0.4, -0.2) is 47.5 Å². The number of aromatic amines is 1. The number of ether oxygens (including phenoxy) is 1.